The normalized spacial score (nSPS) is 18.3. The molecule has 2 aliphatic rings. The fourth-order valence-corrected chi connectivity index (χ4v) is 5.01. The number of nitrogens with zero attached hydrogens (tertiary/aromatic N) is 3. The van der Waals surface area contributed by atoms with Crippen LogP contribution in [-0.2, 0) is 11.3 Å². The maximum Gasteiger partial charge on any atom is 0.343 e. The molecule has 2 aromatic heterocycles. The number of likely N-dealkylation sites (tertiary alicyclic amines) is 1. The quantitative estimate of drug-likeness (QED) is 0.471. The highest BCUT2D eigenvalue weighted by atomic mass is 35.5. The first-order valence-electron chi connectivity index (χ1n) is 11.3. The number of nitrogens with one attached hydrogen (secondary N) is 1. The first kappa shape index (κ1) is 20.3. The van der Waals surface area contributed by atoms with Gasteiger partial charge in [-0.05, 0) is 66.6 Å². The molecule has 168 valence electrons. The van der Waals surface area contributed by atoms with Gasteiger partial charge in [0.25, 0.3) is 0 Å². The van der Waals surface area contributed by atoms with Gasteiger partial charge in [-0.2, -0.15) is 5.10 Å². The van der Waals surface area contributed by atoms with Crippen molar-refractivity contribution >= 4 is 28.5 Å². The Bertz CT molecular complexity index is 1410. The van der Waals surface area contributed by atoms with Crippen molar-refractivity contribution in [2.45, 2.75) is 25.8 Å². The number of fused-ring (bicyclic) bond motifs is 1. The lowest BCUT2D eigenvalue weighted by Gasteiger charge is -2.17. The minimum Gasteiger partial charge on any atom is -0.464 e. The van der Waals surface area contributed by atoms with E-state index in [9.17, 15) is 9.59 Å². The zero-order valence-electron chi connectivity index (χ0n) is 18.0. The van der Waals surface area contributed by atoms with Gasteiger partial charge in [0.05, 0.1) is 11.3 Å². The van der Waals surface area contributed by atoms with Gasteiger partial charge < -0.3 is 9.32 Å². The summed E-state index contributed by atoms with van der Waals surface area (Å²) in [5.74, 6) is 1.24. The van der Waals surface area contributed by atoms with Crippen molar-refractivity contribution in [2.75, 3.05) is 13.1 Å². The van der Waals surface area contributed by atoms with Gasteiger partial charge in [-0.15, -0.1) is 0 Å². The predicted molar refractivity (Wildman–Crippen MR) is 126 cm³/mol. The lowest BCUT2D eigenvalue weighted by Crippen LogP contribution is -2.31. The summed E-state index contributed by atoms with van der Waals surface area (Å²) < 4.78 is 7.07. The molecule has 1 N–H and O–H groups in total. The van der Waals surface area contributed by atoms with Crippen molar-refractivity contribution in [3.8, 4) is 22.5 Å². The zero-order chi connectivity index (χ0) is 22.5. The first-order valence-corrected chi connectivity index (χ1v) is 11.7. The minimum absolute atomic E-state index is 0.224. The van der Waals surface area contributed by atoms with E-state index in [4.69, 9.17) is 16.0 Å². The minimum atomic E-state index is -0.262. The molecule has 7 nitrogen and oxygen atoms in total. The molecule has 8 heteroatoms. The van der Waals surface area contributed by atoms with E-state index < -0.39 is 0 Å². The molecule has 1 aliphatic heterocycles. The van der Waals surface area contributed by atoms with Crippen molar-refractivity contribution in [3.05, 3.63) is 64.2 Å². The Morgan fingerprint density at radius 1 is 1.12 bits per heavy atom. The number of furan rings is 1. The molecule has 0 radical (unpaired) electrons. The topological polar surface area (TPSA) is 84.1 Å². The van der Waals surface area contributed by atoms with Crippen LogP contribution in [0.3, 0.4) is 0 Å². The maximum absolute atomic E-state index is 12.5. The van der Waals surface area contributed by atoms with E-state index in [1.807, 2.05) is 41.3 Å². The zero-order valence-corrected chi connectivity index (χ0v) is 18.7. The smallest absolute Gasteiger partial charge is 0.343 e. The van der Waals surface area contributed by atoms with E-state index in [1.54, 1.807) is 10.8 Å². The molecule has 3 heterocycles. The van der Waals surface area contributed by atoms with Crippen LogP contribution < -0.4 is 5.69 Å². The summed E-state index contributed by atoms with van der Waals surface area (Å²) in [5, 5.41) is 8.39. The molecule has 1 saturated carbocycles. The molecule has 2 fully saturated rings. The number of aromatic amines is 1. The van der Waals surface area contributed by atoms with Gasteiger partial charge in [0.15, 0.2) is 5.82 Å². The molecule has 0 bridgehead atoms. The Morgan fingerprint density at radius 2 is 1.94 bits per heavy atom. The Morgan fingerprint density at radius 3 is 2.76 bits per heavy atom. The second-order valence-corrected chi connectivity index (χ2v) is 9.45. The Labute approximate surface area is 195 Å². The molecule has 1 saturated heterocycles. The van der Waals surface area contributed by atoms with Crippen LogP contribution in [0.15, 0.2) is 57.9 Å². The molecule has 1 atom stereocenters. The van der Waals surface area contributed by atoms with Crippen LogP contribution in [0.5, 0.6) is 0 Å². The lowest BCUT2D eigenvalue weighted by molar-refractivity contribution is -0.131. The number of hydrogen-bond acceptors (Lipinski definition) is 4. The Hall–Kier alpha value is -3.32. The monoisotopic (exact) mass is 462 g/mol. The largest absolute Gasteiger partial charge is 0.464 e. The van der Waals surface area contributed by atoms with Crippen LogP contribution in [0, 0.1) is 11.8 Å². The third-order valence-corrected chi connectivity index (χ3v) is 7.03. The molecule has 0 spiro atoms. The number of rotatable bonds is 5. The number of aromatic nitrogens is 3. The molecule has 1 aliphatic carbocycles. The van der Waals surface area contributed by atoms with Gasteiger partial charge in [0, 0.05) is 36.5 Å². The van der Waals surface area contributed by atoms with Gasteiger partial charge in [0.2, 0.25) is 5.91 Å². The van der Waals surface area contributed by atoms with Crippen LogP contribution in [-0.4, -0.2) is 38.7 Å². The predicted octanol–water partition coefficient (Wildman–Crippen LogP) is 4.56. The molecule has 33 heavy (non-hydrogen) atoms. The van der Waals surface area contributed by atoms with Gasteiger partial charge in [-0.3, -0.25) is 9.36 Å². The Balaban J connectivity index is 1.25. The van der Waals surface area contributed by atoms with Crippen molar-refractivity contribution in [2.24, 2.45) is 11.8 Å². The summed E-state index contributed by atoms with van der Waals surface area (Å²) >= 11 is 6.67. The highest BCUT2D eigenvalue weighted by Gasteiger charge is 2.36. The summed E-state index contributed by atoms with van der Waals surface area (Å²) in [6.45, 7) is 1.96. The summed E-state index contributed by atoms with van der Waals surface area (Å²) in [7, 11) is 0. The number of benzene rings is 2. The second kappa shape index (κ2) is 7.92. The van der Waals surface area contributed by atoms with Crippen LogP contribution in [0.1, 0.15) is 19.3 Å². The number of hydrogen-bond donors (Lipinski definition) is 1. The van der Waals surface area contributed by atoms with E-state index in [1.165, 1.54) is 0 Å². The number of carbonyl (C=O) groups excluding carboxylic acids is 1. The lowest BCUT2D eigenvalue weighted by atomic mass is 10.0. The maximum atomic E-state index is 12.5. The van der Waals surface area contributed by atoms with Crippen molar-refractivity contribution < 1.29 is 9.21 Å². The second-order valence-electron chi connectivity index (χ2n) is 9.04. The fourth-order valence-electron chi connectivity index (χ4n) is 4.74. The van der Waals surface area contributed by atoms with Crippen molar-refractivity contribution in [1.82, 2.24) is 19.7 Å². The van der Waals surface area contributed by atoms with E-state index in [0.717, 1.165) is 47.9 Å². The molecule has 2 aromatic carbocycles. The average molecular weight is 463 g/mol. The number of H-pyrrole nitrogens is 1. The van der Waals surface area contributed by atoms with E-state index in [2.05, 4.69) is 16.3 Å². The summed E-state index contributed by atoms with van der Waals surface area (Å²) in [6, 6.07) is 13.7. The summed E-state index contributed by atoms with van der Waals surface area (Å²) in [6.07, 6.45) is 4.58. The van der Waals surface area contributed by atoms with Crippen molar-refractivity contribution in [1.29, 1.82) is 0 Å². The number of carbonyl (C=O) groups is 1. The highest BCUT2D eigenvalue weighted by Crippen LogP contribution is 2.34. The van der Waals surface area contributed by atoms with E-state index in [0.29, 0.717) is 29.5 Å². The fraction of sp³-hybridized carbons (Fsp3) is 0.320. The Kier molecular flexibility index (Phi) is 4.87. The van der Waals surface area contributed by atoms with Crippen LogP contribution in [0.4, 0.5) is 0 Å². The molecule has 6 rings (SSSR count). The van der Waals surface area contributed by atoms with Crippen LogP contribution in [0.25, 0.3) is 33.5 Å². The third kappa shape index (κ3) is 3.76. The summed E-state index contributed by atoms with van der Waals surface area (Å²) in [5.41, 5.74) is 3.28. The SMILES string of the molecule is O=C(C1CC1)N1CC[C@@H](Cn2c(-c3ccc(-c4ccc5occc5c4)cc3Cl)n[nH]c2=O)C1. The van der Waals surface area contributed by atoms with Crippen LogP contribution in [0.2, 0.25) is 5.02 Å². The first-order chi connectivity index (χ1) is 16.1. The molecular formula is C25H23ClN4O3. The molecule has 1 amide bonds. The standard InChI is InChI=1S/C25H23ClN4O3/c26-21-12-18(17-4-6-22-19(11-17)8-10-33-22)3-5-20(21)23-27-28-25(32)30(23)14-15-7-9-29(13-15)24(31)16-1-2-16/h3-6,8,10-12,15-16H,1-2,7,9,13-14H2,(H,28,32)/t15-/m1/s1. The van der Waals surface area contributed by atoms with Crippen LogP contribution >= 0.6 is 11.6 Å². The number of halogens is 1. The van der Waals surface area contributed by atoms with Gasteiger partial charge >= 0.3 is 5.69 Å². The molecule has 0 unspecified atom stereocenters. The van der Waals surface area contributed by atoms with Crippen molar-refractivity contribution in [3.63, 3.8) is 0 Å². The molecular weight excluding hydrogens is 440 g/mol. The van der Waals surface area contributed by atoms with E-state index >= 15 is 0 Å². The van der Waals surface area contributed by atoms with Gasteiger partial charge in [0.1, 0.15) is 5.58 Å². The average Bonchev–Trinajstić information content (AvgIpc) is 3.21. The molecule has 4 aromatic rings. The summed E-state index contributed by atoms with van der Waals surface area (Å²) in [4.78, 5) is 26.9. The van der Waals surface area contributed by atoms with E-state index in [-0.39, 0.29) is 23.4 Å². The highest BCUT2D eigenvalue weighted by molar-refractivity contribution is 6.33. The number of amides is 1. The third-order valence-electron chi connectivity index (χ3n) is 6.72. The van der Waals surface area contributed by atoms with Gasteiger partial charge in [-0.1, -0.05) is 23.7 Å². The van der Waals surface area contributed by atoms with Gasteiger partial charge in [-0.25, -0.2) is 9.89 Å².